The van der Waals surface area contributed by atoms with E-state index in [2.05, 4.69) is 5.32 Å². The number of benzene rings is 2. The molecule has 5 nitrogen and oxygen atoms in total. The fourth-order valence-corrected chi connectivity index (χ4v) is 5.71. The van der Waals surface area contributed by atoms with Gasteiger partial charge in [0.25, 0.3) is 0 Å². The van der Waals surface area contributed by atoms with Crippen LogP contribution < -0.4 is 5.32 Å². The van der Waals surface area contributed by atoms with Crippen LogP contribution in [0.25, 0.3) is 0 Å². The first-order valence-corrected chi connectivity index (χ1v) is 12.0. The van der Waals surface area contributed by atoms with Crippen LogP contribution in [0.1, 0.15) is 18.4 Å². The molecule has 29 heavy (non-hydrogen) atoms. The number of carbonyl (C=O) groups excluding carboxylic acids is 1. The number of carbonyl (C=O) groups is 1. The predicted octanol–water partition coefficient (Wildman–Crippen LogP) is 5.48. The van der Waals surface area contributed by atoms with Crippen LogP contribution in [0.2, 0.25) is 20.1 Å². The Hall–Kier alpha value is -1.02. The molecule has 1 atom stereocenters. The maximum absolute atomic E-state index is 12.9. The Bertz CT molecular complexity index is 1030. The maximum atomic E-state index is 12.9. The topological polar surface area (TPSA) is 66.5 Å². The molecule has 1 aliphatic rings. The van der Waals surface area contributed by atoms with Gasteiger partial charge in [0, 0.05) is 23.1 Å². The minimum absolute atomic E-state index is 0.0948. The van der Waals surface area contributed by atoms with Crippen LogP contribution in [0.3, 0.4) is 0 Å². The van der Waals surface area contributed by atoms with Gasteiger partial charge in [-0.05, 0) is 42.7 Å². The van der Waals surface area contributed by atoms with Gasteiger partial charge in [-0.15, -0.1) is 0 Å². The van der Waals surface area contributed by atoms with Crippen molar-refractivity contribution in [2.75, 3.05) is 18.4 Å². The number of sulfonamides is 1. The van der Waals surface area contributed by atoms with Crippen molar-refractivity contribution in [3.63, 3.8) is 0 Å². The first-order valence-electron chi connectivity index (χ1n) is 8.84. The van der Waals surface area contributed by atoms with Gasteiger partial charge in [-0.25, -0.2) is 12.7 Å². The van der Waals surface area contributed by atoms with E-state index in [4.69, 9.17) is 46.4 Å². The Balaban J connectivity index is 1.70. The number of hydrogen-bond acceptors (Lipinski definition) is 3. The summed E-state index contributed by atoms with van der Waals surface area (Å²) >= 11 is 24.1. The zero-order valence-electron chi connectivity index (χ0n) is 15.2. The molecular weight excluding hydrogens is 478 g/mol. The lowest BCUT2D eigenvalue weighted by atomic mass is 9.99. The van der Waals surface area contributed by atoms with E-state index in [1.165, 1.54) is 10.4 Å². The highest BCUT2D eigenvalue weighted by atomic mass is 35.5. The minimum atomic E-state index is -3.65. The molecule has 2 aromatic carbocycles. The van der Waals surface area contributed by atoms with Crippen molar-refractivity contribution in [2.45, 2.75) is 18.6 Å². The number of halogens is 4. The standard InChI is InChI=1S/C19H18Cl4N2O3S/c20-14-7-6-13(16(22)9-14)11-29(27,28)25-8-2-3-12(10-25)19(26)24-17-5-1-4-15(21)18(17)23/h1,4-7,9,12H,2-3,8,10-11H2,(H,24,26)/t12-/m0/s1. The fourth-order valence-electron chi connectivity index (χ4n) is 3.17. The Kier molecular flexibility index (Phi) is 7.36. The van der Waals surface area contributed by atoms with E-state index in [9.17, 15) is 13.2 Å². The van der Waals surface area contributed by atoms with Crippen LogP contribution in [0.4, 0.5) is 5.69 Å². The lowest BCUT2D eigenvalue weighted by molar-refractivity contribution is -0.120. The Labute approximate surface area is 189 Å². The van der Waals surface area contributed by atoms with Crippen LogP contribution in [0.5, 0.6) is 0 Å². The van der Waals surface area contributed by atoms with E-state index < -0.39 is 15.9 Å². The molecule has 0 aromatic heterocycles. The highest BCUT2D eigenvalue weighted by Crippen LogP contribution is 2.31. The zero-order chi connectivity index (χ0) is 21.2. The summed E-state index contributed by atoms with van der Waals surface area (Å²) in [4.78, 5) is 12.7. The quantitative estimate of drug-likeness (QED) is 0.597. The molecule has 0 radical (unpaired) electrons. The number of hydrogen-bond donors (Lipinski definition) is 1. The third-order valence-electron chi connectivity index (χ3n) is 4.71. The molecule has 0 aliphatic carbocycles. The second kappa shape index (κ2) is 9.41. The highest BCUT2D eigenvalue weighted by Gasteiger charge is 2.33. The van der Waals surface area contributed by atoms with Crippen molar-refractivity contribution < 1.29 is 13.2 Å². The van der Waals surface area contributed by atoms with Gasteiger partial charge >= 0.3 is 0 Å². The van der Waals surface area contributed by atoms with Gasteiger partial charge in [0.05, 0.1) is 27.4 Å². The van der Waals surface area contributed by atoms with E-state index >= 15 is 0 Å². The second-order valence-corrected chi connectivity index (χ2v) is 10.4. The van der Waals surface area contributed by atoms with Crippen molar-refractivity contribution in [3.05, 3.63) is 62.1 Å². The van der Waals surface area contributed by atoms with Crippen LogP contribution in [0.15, 0.2) is 36.4 Å². The van der Waals surface area contributed by atoms with Crippen LogP contribution in [0, 0.1) is 5.92 Å². The number of piperidine rings is 1. The summed E-state index contributed by atoms with van der Waals surface area (Å²) in [6, 6.07) is 9.64. The van der Waals surface area contributed by atoms with Gasteiger partial charge in [0.1, 0.15) is 0 Å². The number of amides is 1. The molecular formula is C19H18Cl4N2O3S. The molecule has 1 amide bonds. The molecule has 1 saturated heterocycles. The zero-order valence-corrected chi connectivity index (χ0v) is 19.0. The van der Waals surface area contributed by atoms with Crippen LogP contribution in [-0.4, -0.2) is 31.7 Å². The summed E-state index contributed by atoms with van der Waals surface area (Å²) in [5.74, 6) is -1.04. The largest absolute Gasteiger partial charge is 0.324 e. The summed E-state index contributed by atoms with van der Waals surface area (Å²) < 4.78 is 27.1. The van der Waals surface area contributed by atoms with Crippen molar-refractivity contribution in [1.29, 1.82) is 0 Å². The van der Waals surface area contributed by atoms with Gasteiger partial charge in [-0.2, -0.15) is 0 Å². The van der Waals surface area contributed by atoms with Gasteiger partial charge < -0.3 is 5.32 Å². The number of nitrogens with zero attached hydrogens (tertiary/aromatic N) is 1. The highest BCUT2D eigenvalue weighted by molar-refractivity contribution is 7.88. The molecule has 156 valence electrons. The lowest BCUT2D eigenvalue weighted by Gasteiger charge is -2.31. The van der Waals surface area contributed by atoms with Gasteiger partial charge in [0.2, 0.25) is 15.9 Å². The van der Waals surface area contributed by atoms with E-state index in [0.29, 0.717) is 45.7 Å². The molecule has 1 N–H and O–H groups in total. The normalized spacial score (nSPS) is 17.9. The third-order valence-corrected chi connectivity index (χ3v) is 7.91. The average molecular weight is 496 g/mol. The third kappa shape index (κ3) is 5.57. The molecule has 1 heterocycles. The first-order chi connectivity index (χ1) is 13.7. The minimum Gasteiger partial charge on any atom is -0.324 e. The average Bonchev–Trinajstić information content (AvgIpc) is 2.68. The summed E-state index contributed by atoms with van der Waals surface area (Å²) in [7, 11) is -3.65. The van der Waals surface area contributed by atoms with E-state index in [0.717, 1.165) is 0 Å². The Morgan fingerprint density at radius 3 is 2.59 bits per heavy atom. The van der Waals surface area contributed by atoms with Gasteiger partial charge in [-0.1, -0.05) is 58.5 Å². The van der Waals surface area contributed by atoms with Crippen molar-refractivity contribution in [3.8, 4) is 0 Å². The second-order valence-electron chi connectivity index (χ2n) is 6.78. The summed E-state index contributed by atoms with van der Waals surface area (Å²) in [6.07, 6.45) is 1.16. The van der Waals surface area contributed by atoms with Gasteiger partial charge in [0.15, 0.2) is 0 Å². The van der Waals surface area contributed by atoms with E-state index in [1.807, 2.05) is 0 Å². The van der Waals surface area contributed by atoms with E-state index in [1.54, 1.807) is 30.3 Å². The van der Waals surface area contributed by atoms with Crippen molar-refractivity contribution in [1.82, 2.24) is 4.31 Å². The first kappa shape index (κ1) is 22.7. The van der Waals surface area contributed by atoms with E-state index in [-0.39, 0.29) is 23.2 Å². The lowest BCUT2D eigenvalue weighted by Crippen LogP contribution is -2.44. The molecule has 0 bridgehead atoms. The Morgan fingerprint density at radius 2 is 1.86 bits per heavy atom. The molecule has 2 aromatic rings. The number of rotatable bonds is 5. The molecule has 0 unspecified atom stereocenters. The Morgan fingerprint density at radius 1 is 1.10 bits per heavy atom. The molecule has 1 fully saturated rings. The molecule has 0 saturated carbocycles. The molecule has 10 heteroatoms. The van der Waals surface area contributed by atoms with Crippen LogP contribution >= 0.6 is 46.4 Å². The van der Waals surface area contributed by atoms with Crippen LogP contribution in [-0.2, 0) is 20.6 Å². The SMILES string of the molecule is O=C(Nc1cccc(Cl)c1Cl)[C@H]1CCCN(S(=O)(=O)Cc2ccc(Cl)cc2Cl)C1. The summed E-state index contributed by atoms with van der Waals surface area (Å²) in [6.45, 7) is 0.451. The maximum Gasteiger partial charge on any atom is 0.228 e. The fraction of sp³-hybridized carbons (Fsp3) is 0.316. The predicted molar refractivity (Wildman–Crippen MR) is 118 cm³/mol. The smallest absolute Gasteiger partial charge is 0.228 e. The summed E-state index contributed by atoms with van der Waals surface area (Å²) in [5.41, 5.74) is 0.866. The monoisotopic (exact) mass is 494 g/mol. The van der Waals surface area contributed by atoms with Gasteiger partial charge in [-0.3, -0.25) is 4.79 Å². The molecule has 1 aliphatic heterocycles. The summed E-state index contributed by atoms with van der Waals surface area (Å²) in [5, 5.41) is 4.06. The van der Waals surface area contributed by atoms with Crippen molar-refractivity contribution in [2.24, 2.45) is 5.92 Å². The molecule has 3 rings (SSSR count). The number of nitrogens with one attached hydrogen (secondary N) is 1. The molecule has 0 spiro atoms. The van der Waals surface area contributed by atoms with Crippen molar-refractivity contribution >= 4 is 68.0 Å². The number of anilines is 1.